The molecule has 77 heavy (non-hydrogen) atoms. The molecule has 0 unspecified atom stereocenters. The Kier molecular flexibility index (Phi) is 20.5. The summed E-state index contributed by atoms with van der Waals surface area (Å²) in [6.07, 6.45) is 21.5. The summed E-state index contributed by atoms with van der Waals surface area (Å²) < 4.78 is 32.2. The van der Waals surface area contributed by atoms with E-state index in [9.17, 15) is 14.4 Å². The van der Waals surface area contributed by atoms with Gasteiger partial charge in [0.1, 0.15) is 11.5 Å². The summed E-state index contributed by atoms with van der Waals surface area (Å²) in [5.41, 5.74) is 4.68. The van der Waals surface area contributed by atoms with Crippen molar-refractivity contribution in [3.63, 3.8) is 0 Å². The largest absolute Gasteiger partial charge is 0.494 e. The zero-order valence-electron chi connectivity index (χ0n) is 45.0. The van der Waals surface area contributed by atoms with Gasteiger partial charge >= 0.3 is 17.9 Å². The molecule has 0 N–H and O–H groups in total. The average Bonchev–Trinajstić information content (AvgIpc) is 4.25. The normalized spacial score (nSPS) is 17.5. The van der Waals surface area contributed by atoms with Crippen molar-refractivity contribution in [1.82, 2.24) is 0 Å². The number of rotatable bonds is 27. The fraction of sp³-hybridized carbons (Fsp3) is 0.418. The maximum absolute atomic E-state index is 14.5. The summed E-state index contributed by atoms with van der Waals surface area (Å²) in [7, 11) is 0. The molecule has 2 heterocycles. The molecule has 404 valence electrons. The molecule has 8 nitrogen and oxygen atoms in total. The number of benzene rings is 5. The zero-order chi connectivity index (χ0) is 53.2. The van der Waals surface area contributed by atoms with Crippen molar-refractivity contribution in [3.8, 4) is 43.9 Å². The third-order valence-corrected chi connectivity index (χ3v) is 18.1. The fourth-order valence-electron chi connectivity index (χ4n) is 11.2. The van der Waals surface area contributed by atoms with Crippen LogP contribution in [0.2, 0.25) is 0 Å². The lowest BCUT2D eigenvalue weighted by atomic mass is 9.79. The van der Waals surface area contributed by atoms with Crippen LogP contribution in [0, 0.1) is 11.8 Å². The van der Waals surface area contributed by atoms with Crippen molar-refractivity contribution in [2.45, 2.75) is 147 Å². The Balaban J connectivity index is 0.851. The van der Waals surface area contributed by atoms with Crippen molar-refractivity contribution in [2.75, 3.05) is 19.8 Å². The van der Waals surface area contributed by atoms with Crippen LogP contribution in [-0.2, 0) is 19.1 Å². The summed E-state index contributed by atoms with van der Waals surface area (Å²) >= 11 is 3.17. The summed E-state index contributed by atoms with van der Waals surface area (Å²) in [4.78, 5) is 42.2. The van der Waals surface area contributed by atoms with Crippen molar-refractivity contribution < 1.29 is 38.1 Å². The van der Waals surface area contributed by atoms with Crippen LogP contribution in [0.3, 0.4) is 0 Å². The number of hydrogen-bond donors (Lipinski definition) is 0. The van der Waals surface area contributed by atoms with Gasteiger partial charge in [-0.05, 0) is 141 Å². The van der Waals surface area contributed by atoms with Crippen LogP contribution < -0.4 is 18.9 Å². The van der Waals surface area contributed by atoms with Crippen LogP contribution >= 0.6 is 22.7 Å². The van der Waals surface area contributed by atoms with Gasteiger partial charge in [-0.2, -0.15) is 0 Å². The van der Waals surface area contributed by atoms with Gasteiger partial charge in [0.15, 0.2) is 11.5 Å². The molecule has 0 amide bonds. The third kappa shape index (κ3) is 15.1. The topological polar surface area (TPSA) is 97.4 Å². The maximum Gasteiger partial charge on any atom is 0.330 e. The van der Waals surface area contributed by atoms with Crippen LogP contribution in [-0.4, -0.2) is 37.7 Å². The highest BCUT2D eigenvalue weighted by atomic mass is 32.1. The van der Waals surface area contributed by atoms with Crippen LogP contribution in [0.4, 0.5) is 0 Å². The molecule has 2 fully saturated rings. The number of ether oxygens (including phenoxy) is 5. The van der Waals surface area contributed by atoms with Crippen LogP contribution in [0.5, 0.6) is 23.0 Å². The monoisotopic (exact) mass is 1070 g/mol. The molecule has 10 heteroatoms. The molecular formula is C67H76O8S2. The molecule has 0 atom stereocenters. The molecule has 0 spiro atoms. The van der Waals surface area contributed by atoms with Gasteiger partial charge in [0.2, 0.25) is 0 Å². The Hall–Kier alpha value is -6.23. The van der Waals surface area contributed by atoms with E-state index < -0.39 is 0 Å². The Morgan fingerprint density at radius 2 is 0.883 bits per heavy atom. The second-order valence-corrected chi connectivity index (χ2v) is 23.2. The second-order valence-electron chi connectivity index (χ2n) is 21.1. The highest BCUT2D eigenvalue weighted by Gasteiger charge is 2.33. The highest BCUT2D eigenvalue weighted by Crippen LogP contribution is 2.53. The predicted octanol–water partition coefficient (Wildman–Crippen LogP) is 18.4. The Morgan fingerprint density at radius 3 is 1.29 bits per heavy atom. The van der Waals surface area contributed by atoms with Crippen LogP contribution in [0.25, 0.3) is 41.1 Å². The molecule has 0 bridgehead atoms. The van der Waals surface area contributed by atoms with E-state index in [1.165, 1.54) is 49.3 Å². The number of esters is 3. The minimum atomic E-state index is -0.357. The van der Waals surface area contributed by atoms with Gasteiger partial charge in [-0.15, -0.1) is 22.7 Å². The lowest BCUT2D eigenvalue weighted by Crippen LogP contribution is -2.25. The Labute approximate surface area is 464 Å². The van der Waals surface area contributed by atoms with Crippen LogP contribution in [0.15, 0.2) is 134 Å². The van der Waals surface area contributed by atoms with E-state index in [0.717, 1.165) is 155 Å². The number of fused-ring (bicyclic) bond motifs is 2. The minimum absolute atomic E-state index is 0.197. The molecule has 2 aliphatic rings. The van der Waals surface area contributed by atoms with Crippen molar-refractivity contribution in [3.05, 3.63) is 145 Å². The maximum atomic E-state index is 14.5. The quantitative estimate of drug-likeness (QED) is 0.0217. The number of thiophene rings is 2. The third-order valence-electron chi connectivity index (χ3n) is 15.7. The van der Waals surface area contributed by atoms with Gasteiger partial charge in [0.25, 0.3) is 0 Å². The molecular weight excluding hydrogens is 997 g/mol. The van der Waals surface area contributed by atoms with E-state index >= 15 is 0 Å². The lowest BCUT2D eigenvalue weighted by molar-refractivity contribution is -0.140. The van der Waals surface area contributed by atoms with E-state index in [2.05, 4.69) is 98.4 Å². The minimum Gasteiger partial charge on any atom is -0.494 e. The van der Waals surface area contributed by atoms with Crippen LogP contribution in [0.1, 0.15) is 158 Å². The summed E-state index contributed by atoms with van der Waals surface area (Å²) in [5, 5.41) is 1.58. The van der Waals surface area contributed by atoms with E-state index in [4.69, 9.17) is 23.7 Å². The molecule has 2 saturated carbocycles. The molecule has 0 radical (unpaired) electrons. The number of hydrogen-bond acceptors (Lipinski definition) is 10. The Bertz CT molecular complexity index is 2880. The molecule has 2 aliphatic carbocycles. The molecule has 5 aromatic carbocycles. The second kappa shape index (κ2) is 28.4. The SMILES string of the molecule is C=CC(=O)OCCCCCCCCOc1ccc(C2CCC(C(=O)Oc3c4cc(-c5ccccc5)sc4c(OC(=O)C4CCC(c5ccc(OCCCCCCCC)cc5)CC4)c4cc(-c5ccccc5)sc34)CC2)cc1. The van der Waals surface area contributed by atoms with E-state index in [1.807, 2.05) is 36.4 Å². The molecule has 0 saturated heterocycles. The van der Waals surface area contributed by atoms with Gasteiger partial charge in [0.05, 0.1) is 41.1 Å². The summed E-state index contributed by atoms with van der Waals surface area (Å²) in [6, 6.07) is 41.9. The first-order valence-corrected chi connectivity index (χ1v) is 30.3. The van der Waals surface area contributed by atoms with Crippen molar-refractivity contribution in [1.29, 1.82) is 0 Å². The predicted molar refractivity (Wildman–Crippen MR) is 315 cm³/mol. The summed E-state index contributed by atoms with van der Waals surface area (Å²) in [5.74, 6) is 2.43. The standard InChI is InChI=1S/C67H76O8S2/c1-3-5-6-7-10-19-42-71-55-38-34-49(35-39-55)47-26-30-53(31-27-47)66(69)74-62-57-45-59(51-22-15-13-16-23-51)77-65(57)63(58-46-60(76-64(58)62)52-24-17-14-18-25-52)75-67(70)54-32-28-48(29-33-54)50-36-40-56(41-37-50)72-43-20-11-8-9-12-21-44-73-61(68)4-2/h4,13-18,22-25,34-41,45-48,53-54H,2-3,5-12,19-21,26-33,42-44H2,1H3. The van der Waals surface area contributed by atoms with Gasteiger partial charge in [0, 0.05) is 26.6 Å². The first-order chi connectivity index (χ1) is 37.8. The van der Waals surface area contributed by atoms with Crippen molar-refractivity contribution >= 4 is 60.8 Å². The van der Waals surface area contributed by atoms with Gasteiger partial charge < -0.3 is 23.7 Å². The zero-order valence-corrected chi connectivity index (χ0v) is 46.6. The number of carbonyl (C=O) groups excluding carboxylic acids is 3. The molecule has 0 aliphatic heterocycles. The van der Waals surface area contributed by atoms with E-state index in [1.54, 1.807) is 22.7 Å². The van der Waals surface area contributed by atoms with Gasteiger partial charge in [-0.25, -0.2) is 4.79 Å². The smallest absolute Gasteiger partial charge is 0.330 e. The fourth-order valence-corrected chi connectivity index (χ4v) is 13.5. The first-order valence-electron chi connectivity index (χ1n) is 28.7. The van der Waals surface area contributed by atoms with Gasteiger partial charge in [-0.1, -0.05) is 156 Å². The van der Waals surface area contributed by atoms with Gasteiger partial charge in [-0.3, -0.25) is 9.59 Å². The lowest BCUT2D eigenvalue weighted by Gasteiger charge is -2.28. The molecule has 9 rings (SSSR count). The number of carbonyl (C=O) groups is 3. The average molecular weight is 1070 g/mol. The first kappa shape index (κ1) is 55.5. The molecule has 7 aromatic rings. The highest BCUT2D eigenvalue weighted by molar-refractivity contribution is 7.24. The number of unbranched alkanes of at least 4 members (excludes halogenated alkanes) is 10. The molecule has 2 aromatic heterocycles. The van der Waals surface area contributed by atoms with E-state index in [-0.39, 0.29) is 29.7 Å². The van der Waals surface area contributed by atoms with Crippen molar-refractivity contribution in [2.24, 2.45) is 11.8 Å². The van der Waals surface area contributed by atoms with E-state index in [0.29, 0.717) is 36.5 Å². The Morgan fingerprint density at radius 1 is 0.494 bits per heavy atom. The summed E-state index contributed by atoms with van der Waals surface area (Å²) in [6.45, 7) is 7.57.